The maximum atomic E-state index is 5.02. The summed E-state index contributed by atoms with van der Waals surface area (Å²) >= 11 is 0. The Balaban J connectivity index is 1.57. The van der Waals surface area contributed by atoms with Gasteiger partial charge in [0, 0.05) is 33.6 Å². The molecule has 2 aromatic heterocycles. The van der Waals surface area contributed by atoms with E-state index in [-0.39, 0.29) is 0 Å². The molecule has 7 rings (SSSR count). The minimum absolute atomic E-state index is 1.02. The zero-order valence-electron chi connectivity index (χ0n) is 23.2. The van der Waals surface area contributed by atoms with Crippen LogP contribution in [0.2, 0.25) is 0 Å². The molecule has 4 heteroatoms. The molecule has 7 aromatic rings. The fourth-order valence-corrected chi connectivity index (χ4v) is 6.32. The Hall–Kier alpha value is -4.96. The Labute approximate surface area is 234 Å². The van der Waals surface area contributed by atoms with Crippen molar-refractivity contribution in [3.8, 4) is 33.6 Å². The second kappa shape index (κ2) is 9.35. The first kappa shape index (κ1) is 24.1. The summed E-state index contributed by atoms with van der Waals surface area (Å²) in [6.45, 7) is 8.60. The molecule has 4 nitrogen and oxygen atoms in total. The summed E-state index contributed by atoms with van der Waals surface area (Å²) in [6.07, 6.45) is 0. The predicted molar refractivity (Wildman–Crippen MR) is 166 cm³/mol. The normalized spacial score (nSPS) is 11.5. The van der Waals surface area contributed by atoms with Crippen molar-refractivity contribution < 1.29 is 0 Å². The summed E-state index contributed by atoms with van der Waals surface area (Å²) in [7, 11) is 0. The number of fused-ring (bicyclic) bond motifs is 2. The van der Waals surface area contributed by atoms with Crippen LogP contribution in [-0.4, -0.2) is 19.6 Å². The molecule has 5 aromatic carbocycles. The Bertz CT molecular complexity index is 1820. The molecular formula is C36H30N4. The fourth-order valence-electron chi connectivity index (χ4n) is 6.32. The molecule has 0 bridgehead atoms. The standard InChI is InChI=1S/C36H30N4/c1-23-33(25(3)39(37-23)27-15-7-5-8-16-27)35-29-19-11-13-21-31(29)36(32-22-14-12-20-30(32)35)34-24(2)38-40(26(34)4)28-17-9-6-10-18-28/h5-22H,1-4H3. The predicted octanol–water partition coefficient (Wildman–Crippen LogP) is 8.93. The lowest BCUT2D eigenvalue weighted by atomic mass is 9.85. The monoisotopic (exact) mass is 518 g/mol. The smallest absolute Gasteiger partial charge is 0.0679 e. The largest absolute Gasteiger partial charge is 0.237 e. The topological polar surface area (TPSA) is 35.6 Å². The molecule has 2 heterocycles. The molecular weight excluding hydrogens is 488 g/mol. The zero-order valence-corrected chi connectivity index (χ0v) is 23.2. The average molecular weight is 519 g/mol. The van der Waals surface area contributed by atoms with Gasteiger partial charge in [0.1, 0.15) is 0 Å². The molecule has 0 N–H and O–H groups in total. The first-order chi connectivity index (χ1) is 19.5. The van der Waals surface area contributed by atoms with Crippen LogP contribution in [0, 0.1) is 27.7 Å². The Morgan fingerprint density at radius 3 is 1.00 bits per heavy atom. The van der Waals surface area contributed by atoms with E-state index in [0.717, 1.165) is 34.2 Å². The fraction of sp³-hybridized carbons (Fsp3) is 0.111. The van der Waals surface area contributed by atoms with Gasteiger partial charge in [0.2, 0.25) is 0 Å². The number of aromatic nitrogens is 4. The van der Waals surface area contributed by atoms with E-state index in [9.17, 15) is 0 Å². The van der Waals surface area contributed by atoms with E-state index in [1.807, 2.05) is 12.1 Å². The molecule has 194 valence electrons. The maximum absolute atomic E-state index is 5.02. The molecule has 0 saturated carbocycles. The van der Waals surface area contributed by atoms with Crippen molar-refractivity contribution in [2.75, 3.05) is 0 Å². The number of para-hydroxylation sites is 2. The molecule has 0 radical (unpaired) electrons. The van der Waals surface area contributed by atoms with Crippen LogP contribution in [-0.2, 0) is 0 Å². The van der Waals surface area contributed by atoms with Gasteiger partial charge in [-0.25, -0.2) is 9.36 Å². The highest BCUT2D eigenvalue weighted by Gasteiger charge is 2.24. The lowest BCUT2D eigenvalue weighted by Crippen LogP contribution is -1.99. The highest BCUT2D eigenvalue weighted by molar-refractivity contribution is 6.22. The van der Waals surface area contributed by atoms with Crippen molar-refractivity contribution in [2.45, 2.75) is 27.7 Å². The van der Waals surface area contributed by atoms with E-state index in [0.29, 0.717) is 0 Å². The summed E-state index contributed by atoms with van der Waals surface area (Å²) in [5, 5.41) is 14.9. The Morgan fingerprint density at radius 2 is 0.675 bits per heavy atom. The van der Waals surface area contributed by atoms with Crippen molar-refractivity contribution >= 4 is 21.5 Å². The van der Waals surface area contributed by atoms with Crippen molar-refractivity contribution in [3.05, 3.63) is 132 Å². The molecule has 0 aliphatic carbocycles. The van der Waals surface area contributed by atoms with Crippen LogP contribution >= 0.6 is 0 Å². The van der Waals surface area contributed by atoms with Crippen LogP contribution in [0.4, 0.5) is 0 Å². The number of rotatable bonds is 4. The summed E-state index contributed by atoms with van der Waals surface area (Å²) in [4.78, 5) is 0. The van der Waals surface area contributed by atoms with E-state index >= 15 is 0 Å². The highest BCUT2D eigenvalue weighted by Crippen LogP contribution is 2.46. The van der Waals surface area contributed by atoms with E-state index in [1.165, 1.54) is 43.8 Å². The molecule has 0 amide bonds. The van der Waals surface area contributed by atoms with Crippen molar-refractivity contribution in [1.82, 2.24) is 19.6 Å². The molecule has 40 heavy (non-hydrogen) atoms. The van der Waals surface area contributed by atoms with Crippen LogP contribution in [0.5, 0.6) is 0 Å². The van der Waals surface area contributed by atoms with Gasteiger partial charge in [-0.2, -0.15) is 10.2 Å². The summed E-state index contributed by atoms with van der Waals surface area (Å²) < 4.78 is 4.14. The zero-order chi connectivity index (χ0) is 27.4. The Kier molecular flexibility index (Phi) is 5.64. The third kappa shape index (κ3) is 3.60. The van der Waals surface area contributed by atoms with Gasteiger partial charge in [0.05, 0.1) is 22.8 Å². The average Bonchev–Trinajstić information content (AvgIpc) is 3.46. The van der Waals surface area contributed by atoms with Gasteiger partial charge in [-0.05, 0) is 73.5 Å². The summed E-state index contributed by atoms with van der Waals surface area (Å²) in [6, 6.07) is 38.4. The Morgan fingerprint density at radius 1 is 0.375 bits per heavy atom. The van der Waals surface area contributed by atoms with Gasteiger partial charge in [-0.1, -0.05) is 84.9 Å². The maximum Gasteiger partial charge on any atom is 0.0679 e. The summed E-state index contributed by atoms with van der Waals surface area (Å²) in [5.41, 5.74) is 11.3. The number of aryl methyl sites for hydroxylation is 2. The van der Waals surface area contributed by atoms with Crippen LogP contribution in [0.3, 0.4) is 0 Å². The lowest BCUT2D eigenvalue weighted by Gasteiger charge is -2.18. The van der Waals surface area contributed by atoms with E-state index in [4.69, 9.17) is 10.2 Å². The minimum atomic E-state index is 1.02. The second-order valence-corrected chi connectivity index (χ2v) is 10.4. The van der Waals surface area contributed by atoms with Gasteiger partial charge in [0.15, 0.2) is 0 Å². The van der Waals surface area contributed by atoms with Crippen LogP contribution in [0.15, 0.2) is 109 Å². The van der Waals surface area contributed by atoms with Gasteiger partial charge < -0.3 is 0 Å². The van der Waals surface area contributed by atoms with E-state index in [1.54, 1.807) is 0 Å². The molecule has 0 aliphatic rings. The highest BCUT2D eigenvalue weighted by atomic mass is 15.3. The molecule has 0 atom stereocenters. The molecule has 0 unspecified atom stereocenters. The minimum Gasteiger partial charge on any atom is -0.237 e. The van der Waals surface area contributed by atoms with Crippen molar-refractivity contribution in [3.63, 3.8) is 0 Å². The first-order valence-electron chi connectivity index (χ1n) is 13.7. The number of benzene rings is 5. The third-order valence-corrected chi connectivity index (χ3v) is 8.02. The SMILES string of the molecule is Cc1nn(-c2ccccc2)c(C)c1-c1c2ccccc2c(-c2c(C)nn(-c3ccccc3)c2C)c2ccccc12. The van der Waals surface area contributed by atoms with Crippen LogP contribution in [0.25, 0.3) is 55.2 Å². The van der Waals surface area contributed by atoms with Crippen molar-refractivity contribution in [1.29, 1.82) is 0 Å². The molecule has 0 spiro atoms. The quantitative estimate of drug-likeness (QED) is 0.218. The first-order valence-corrected chi connectivity index (χ1v) is 13.7. The number of hydrogen-bond donors (Lipinski definition) is 0. The molecule has 0 aliphatic heterocycles. The number of nitrogens with zero attached hydrogens (tertiary/aromatic N) is 4. The van der Waals surface area contributed by atoms with Crippen LogP contribution in [0.1, 0.15) is 22.8 Å². The van der Waals surface area contributed by atoms with Crippen LogP contribution < -0.4 is 0 Å². The lowest BCUT2D eigenvalue weighted by molar-refractivity contribution is 0.834. The van der Waals surface area contributed by atoms with Gasteiger partial charge >= 0.3 is 0 Å². The summed E-state index contributed by atoms with van der Waals surface area (Å²) in [5.74, 6) is 0. The molecule has 0 fully saturated rings. The second-order valence-electron chi connectivity index (χ2n) is 10.4. The third-order valence-electron chi connectivity index (χ3n) is 8.02. The number of hydrogen-bond acceptors (Lipinski definition) is 2. The van der Waals surface area contributed by atoms with Gasteiger partial charge in [0.25, 0.3) is 0 Å². The van der Waals surface area contributed by atoms with Gasteiger partial charge in [-0.3, -0.25) is 0 Å². The van der Waals surface area contributed by atoms with Gasteiger partial charge in [-0.15, -0.1) is 0 Å². The van der Waals surface area contributed by atoms with E-state index < -0.39 is 0 Å². The van der Waals surface area contributed by atoms with E-state index in [2.05, 4.69) is 134 Å². The van der Waals surface area contributed by atoms with Crippen molar-refractivity contribution in [2.24, 2.45) is 0 Å². The molecule has 0 saturated heterocycles.